The first-order valence-corrected chi connectivity index (χ1v) is 6.96. The van der Waals surface area contributed by atoms with Crippen molar-refractivity contribution in [3.63, 3.8) is 0 Å². The van der Waals surface area contributed by atoms with Crippen molar-refractivity contribution in [1.29, 1.82) is 0 Å². The average Bonchev–Trinajstić information content (AvgIpc) is 2.49. The number of hydrogen-bond donors (Lipinski definition) is 0. The van der Waals surface area contributed by atoms with Crippen LogP contribution in [-0.2, 0) is 0 Å². The molecule has 0 spiro atoms. The molecule has 0 amide bonds. The highest BCUT2D eigenvalue weighted by molar-refractivity contribution is 14.1. The third-order valence-electron chi connectivity index (χ3n) is 1.86. The standard InChI is InChI=1S/C10H8BrIOS/c1-2-13-9-4-6(11)3-7-8(12)5-14-10(7)9/h3-5H,2H2,1H3. The van der Waals surface area contributed by atoms with Gasteiger partial charge in [-0.25, -0.2) is 0 Å². The number of benzene rings is 1. The van der Waals surface area contributed by atoms with Crippen molar-refractivity contribution in [2.45, 2.75) is 6.92 Å². The SMILES string of the molecule is CCOc1cc(Br)cc2c(I)csc12. The maximum atomic E-state index is 5.59. The molecule has 0 saturated carbocycles. The predicted molar refractivity (Wildman–Crippen MR) is 73.4 cm³/mol. The molecule has 2 rings (SSSR count). The molecule has 0 radical (unpaired) electrons. The largest absolute Gasteiger partial charge is 0.492 e. The van der Waals surface area contributed by atoms with Crippen molar-refractivity contribution in [3.05, 3.63) is 25.6 Å². The maximum Gasteiger partial charge on any atom is 0.138 e. The summed E-state index contributed by atoms with van der Waals surface area (Å²) in [6, 6.07) is 4.16. The molecule has 1 aromatic heterocycles. The molecule has 0 N–H and O–H groups in total. The van der Waals surface area contributed by atoms with Crippen LogP contribution in [0.5, 0.6) is 5.75 Å². The molecule has 14 heavy (non-hydrogen) atoms. The summed E-state index contributed by atoms with van der Waals surface area (Å²) < 4.78 is 9.18. The van der Waals surface area contributed by atoms with E-state index in [0.717, 1.165) is 10.2 Å². The quantitative estimate of drug-likeness (QED) is 0.686. The highest BCUT2D eigenvalue weighted by Crippen LogP contribution is 2.37. The van der Waals surface area contributed by atoms with Crippen LogP contribution in [-0.4, -0.2) is 6.61 Å². The van der Waals surface area contributed by atoms with Gasteiger partial charge in [0.2, 0.25) is 0 Å². The van der Waals surface area contributed by atoms with E-state index in [0.29, 0.717) is 6.61 Å². The van der Waals surface area contributed by atoms with Gasteiger partial charge < -0.3 is 4.74 Å². The fraction of sp³-hybridized carbons (Fsp3) is 0.200. The molecule has 1 heterocycles. The van der Waals surface area contributed by atoms with Crippen LogP contribution in [0, 0.1) is 3.57 Å². The number of thiophene rings is 1. The summed E-state index contributed by atoms with van der Waals surface area (Å²) in [6.45, 7) is 2.71. The molecule has 0 saturated heterocycles. The van der Waals surface area contributed by atoms with E-state index in [1.807, 2.05) is 13.0 Å². The molecule has 74 valence electrons. The highest BCUT2D eigenvalue weighted by atomic mass is 127. The number of halogens is 2. The van der Waals surface area contributed by atoms with Crippen LogP contribution >= 0.6 is 49.9 Å². The third kappa shape index (κ3) is 1.92. The lowest BCUT2D eigenvalue weighted by atomic mass is 10.2. The first-order chi connectivity index (χ1) is 6.72. The van der Waals surface area contributed by atoms with Crippen LogP contribution in [0.2, 0.25) is 0 Å². The van der Waals surface area contributed by atoms with Crippen LogP contribution in [0.25, 0.3) is 10.1 Å². The van der Waals surface area contributed by atoms with Gasteiger partial charge in [-0.1, -0.05) is 15.9 Å². The van der Waals surface area contributed by atoms with Gasteiger partial charge in [0.25, 0.3) is 0 Å². The van der Waals surface area contributed by atoms with Crippen molar-refractivity contribution in [2.75, 3.05) is 6.61 Å². The Morgan fingerprint density at radius 1 is 1.50 bits per heavy atom. The highest BCUT2D eigenvalue weighted by Gasteiger charge is 2.08. The zero-order valence-electron chi connectivity index (χ0n) is 7.51. The van der Waals surface area contributed by atoms with E-state index >= 15 is 0 Å². The van der Waals surface area contributed by atoms with Crippen LogP contribution in [0.4, 0.5) is 0 Å². The molecule has 2 aromatic rings. The number of ether oxygens (including phenoxy) is 1. The first kappa shape index (κ1) is 10.7. The van der Waals surface area contributed by atoms with Gasteiger partial charge in [-0.15, -0.1) is 11.3 Å². The van der Waals surface area contributed by atoms with Crippen LogP contribution in [0.1, 0.15) is 6.92 Å². The van der Waals surface area contributed by atoms with Gasteiger partial charge in [-0.05, 0) is 41.6 Å². The fourth-order valence-corrected chi connectivity index (χ4v) is 3.61. The topological polar surface area (TPSA) is 9.23 Å². The zero-order valence-corrected chi connectivity index (χ0v) is 12.1. The Hall–Kier alpha value is 0.190. The summed E-state index contributed by atoms with van der Waals surface area (Å²) in [4.78, 5) is 0. The van der Waals surface area contributed by atoms with Crippen molar-refractivity contribution in [1.82, 2.24) is 0 Å². The summed E-state index contributed by atoms with van der Waals surface area (Å²) in [5.41, 5.74) is 0. The lowest BCUT2D eigenvalue weighted by molar-refractivity contribution is 0.344. The molecule has 0 aliphatic heterocycles. The minimum Gasteiger partial charge on any atom is -0.492 e. The Labute approximate surface area is 109 Å². The van der Waals surface area contributed by atoms with Crippen molar-refractivity contribution in [2.24, 2.45) is 0 Å². The van der Waals surface area contributed by atoms with Crippen LogP contribution in [0.15, 0.2) is 22.0 Å². The lowest BCUT2D eigenvalue weighted by Crippen LogP contribution is -1.91. The molecule has 1 nitrogen and oxygen atoms in total. The number of hydrogen-bond acceptors (Lipinski definition) is 2. The predicted octanol–water partition coefficient (Wildman–Crippen LogP) is 4.67. The normalized spacial score (nSPS) is 10.8. The average molecular weight is 383 g/mol. The van der Waals surface area contributed by atoms with Gasteiger partial charge in [0.1, 0.15) is 5.75 Å². The molecule has 0 aliphatic carbocycles. The van der Waals surface area contributed by atoms with Crippen LogP contribution in [0.3, 0.4) is 0 Å². The second-order valence-electron chi connectivity index (χ2n) is 2.80. The molecule has 0 aliphatic rings. The first-order valence-electron chi connectivity index (χ1n) is 4.21. The minimum absolute atomic E-state index is 0.708. The van der Waals surface area contributed by atoms with Crippen LogP contribution < -0.4 is 4.74 Å². The maximum absolute atomic E-state index is 5.59. The van der Waals surface area contributed by atoms with E-state index in [1.165, 1.54) is 13.7 Å². The Morgan fingerprint density at radius 3 is 3.00 bits per heavy atom. The second-order valence-corrected chi connectivity index (χ2v) is 5.75. The van der Waals surface area contributed by atoms with Gasteiger partial charge in [0.05, 0.1) is 11.3 Å². The van der Waals surface area contributed by atoms with Gasteiger partial charge in [-0.3, -0.25) is 0 Å². The van der Waals surface area contributed by atoms with Gasteiger partial charge >= 0.3 is 0 Å². The summed E-state index contributed by atoms with van der Waals surface area (Å²) in [7, 11) is 0. The Morgan fingerprint density at radius 2 is 2.29 bits per heavy atom. The summed E-state index contributed by atoms with van der Waals surface area (Å²) >= 11 is 7.58. The molecule has 0 unspecified atom stereocenters. The lowest BCUT2D eigenvalue weighted by Gasteiger charge is -2.05. The Balaban J connectivity index is 2.68. The second kappa shape index (κ2) is 4.37. The minimum atomic E-state index is 0.708. The van der Waals surface area contributed by atoms with Gasteiger partial charge in [0, 0.05) is 18.8 Å². The Bertz CT molecular complexity index is 466. The molecule has 0 fully saturated rings. The van der Waals surface area contributed by atoms with Gasteiger partial charge in [0.15, 0.2) is 0 Å². The molecular formula is C10H8BrIOS. The fourth-order valence-electron chi connectivity index (χ4n) is 1.30. The van der Waals surface area contributed by atoms with Crippen molar-refractivity contribution < 1.29 is 4.74 Å². The smallest absolute Gasteiger partial charge is 0.138 e. The number of fused-ring (bicyclic) bond motifs is 1. The molecule has 0 atom stereocenters. The molecule has 1 aromatic carbocycles. The summed E-state index contributed by atoms with van der Waals surface area (Å²) in [5.74, 6) is 0.977. The van der Waals surface area contributed by atoms with Crippen molar-refractivity contribution in [3.8, 4) is 5.75 Å². The summed E-state index contributed by atoms with van der Waals surface area (Å²) in [6.07, 6.45) is 0. The number of rotatable bonds is 2. The molecular weight excluding hydrogens is 375 g/mol. The van der Waals surface area contributed by atoms with E-state index in [1.54, 1.807) is 11.3 Å². The molecule has 0 bridgehead atoms. The monoisotopic (exact) mass is 382 g/mol. The van der Waals surface area contributed by atoms with Gasteiger partial charge in [-0.2, -0.15) is 0 Å². The van der Waals surface area contributed by atoms with E-state index in [4.69, 9.17) is 4.74 Å². The van der Waals surface area contributed by atoms with E-state index in [9.17, 15) is 0 Å². The zero-order chi connectivity index (χ0) is 10.1. The summed E-state index contributed by atoms with van der Waals surface area (Å²) in [5, 5.41) is 3.42. The molecule has 4 heteroatoms. The van der Waals surface area contributed by atoms with E-state index in [-0.39, 0.29) is 0 Å². The third-order valence-corrected chi connectivity index (χ3v) is 4.64. The van der Waals surface area contributed by atoms with E-state index < -0.39 is 0 Å². The van der Waals surface area contributed by atoms with E-state index in [2.05, 4.69) is 50.0 Å². The van der Waals surface area contributed by atoms with Crippen molar-refractivity contribution >= 4 is 59.9 Å². The Kier molecular flexibility index (Phi) is 3.34.